The monoisotopic (exact) mass is 363 g/mol. The summed E-state index contributed by atoms with van der Waals surface area (Å²) in [5.41, 5.74) is 1.23. The predicted octanol–water partition coefficient (Wildman–Crippen LogP) is 3.26. The molecule has 1 aliphatic heterocycles. The van der Waals surface area contributed by atoms with Crippen LogP contribution < -0.4 is 10.6 Å². The van der Waals surface area contributed by atoms with Gasteiger partial charge in [0, 0.05) is 37.1 Å². The van der Waals surface area contributed by atoms with Gasteiger partial charge in [0.05, 0.1) is 12.2 Å². The molecule has 0 aromatic carbocycles. The Labute approximate surface area is 156 Å². The molecule has 25 heavy (non-hydrogen) atoms. The van der Waals surface area contributed by atoms with Gasteiger partial charge in [-0.1, -0.05) is 26.7 Å². The van der Waals surface area contributed by atoms with Crippen molar-refractivity contribution in [2.75, 3.05) is 20.1 Å². The fraction of sp³-hybridized carbons (Fsp3) is 0.789. The van der Waals surface area contributed by atoms with E-state index in [-0.39, 0.29) is 0 Å². The first kappa shape index (κ1) is 18.6. The average molecular weight is 364 g/mol. The highest BCUT2D eigenvalue weighted by Crippen LogP contribution is 2.26. The van der Waals surface area contributed by atoms with Crippen molar-refractivity contribution in [3.05, 3.63) is 15.6 Å². The van der Waals surface area contributed by atoms with Gasteiger partial charge in [-0.2, -0.15) is 0 Å². The zero-order valence-electron chi connectivity index (χ0n) is 16.1. The number of nitrogens with one attached hydrogen (secondary N) is 2. The van der Waals surface area contributed by atoms with E-state index in [4.69, 9.17) is 4.98 Å². The summed E-state index contributed by atoms with van der Waals surface area (Å²) >= 11 is 1.79. The fourth-order valence-electron chi connectivity index (χ4n) is 4.13. The molecule has 1 atom stereocenters. The van der Waals surface area contributed by atoms with E-state index in [9.17, 15) is 0 Å². The van der Waals surface area contributed by atoms with Crippen LogP contribution in [0.4, 0.5) is 0 Å². The molecule has 0 radical (unpaired) electrons. The Morgan fingerprint density at radius 3 is 2.72 bits per heavy atom. The second-order valence-corrected chi connectivity index (χ2v) is 8.98. The van der Waals surface area contributed by atoms with E-state index in [1.54, 1.807) is 11.3 Å². The maximum absolute atomic E-state index is 4.78. The Morgan fingerprint density at radius 2 is 2.08 bits per heavy atom. The van der Waals surface area contributed by atoms with Crippen molar-refractivity contribution < 1.29 is 0 Å². The summed E-state index contributed by atoms with van der Waals surface area (Å²) in [5, 5.41) is 8.19. The lowest BCUT2D eigenvalue weighted by Crippen LogP contribution is -2.45. The molecule has 6 heteroatoms. The third kappa shape index (κ3) is 4.73. The quantitative estimate of drug-likeness (QED) is 0.623. The highest BCUT2D eigenvalue weighted by atomic mass is 32.1. The molecule has 0 spiro atoms. The second kappa shape index (κ2) is 8.49. The van der Waals surface area contributed by atoms with Crippen LogP contribution >= 0.6 is 11.3 Å². The first-order valence-electron chi connectivity index (χ1n) is 9.74. The summed E-state index contributed by atoms with van der Waals surface area (Å²) in [6, 6.07) is 1.34. The summed E-state index contributed by atoms with van der Waals surface area (Å²) in [6.45, 7) is 9.70. The topological polar surface area (TPSA) is 52.6 Å². The van der Waals surface area contributed by atoms with Crippen molar-refractivity contribution in [3.63, 3.8) is 0 Å². The molecule has 2 heterocycles. The molecule has 3 rings (SSSR count). The van der Waals surface area contributed by atoms with Crippen LogP contribution in [0.25, 0.3) is 0 Å². The van der Waals surface area contributed by atoms with Crippen molar-refractivity contribution in [2.45, 2.75) is 77.4 Å². The highest BCUT2D eigenvalue weighted by molar-refractivity contribution is 7.11. The van der Waals surface area contributed by atoms with Crippen molar-refractivity contribution in [2.24, 2.45) is 4.99 Å². The summed E-state index contributed by atoms with van der Waals surface area (Å²) in [7, 11) is 1.85. The molecular weight excluding hydrogens is 330 g/mol. The minimum Gasteiger partial charge on any atom is -0.352 e. The van der Waals surface area contributed by atoms with Crippen molar-refractivity contribution in [3.8, 4) is 0 Å². The Kier molecular flexibility index (Phi) is 6.34. The number of aryl methyl sites for hydroxylation is 1. The van der Waals surface area contributed by atoms with Crippen molar-refractivity contribution >= 4 is 17.3 Å². The molecule has 1 unspecified atom stereocenters. The summed E-state index contributed by atoms with van der Waals surface area (Å²) in [4.78, 5) is 13.2. The number of aromatic nitrogens is 1. The summed E-state index contributed by atoms with van der Waals surface area (Å²) in [5.74, 6) is 1.39. The number of guanidine groups is 1. The fourth-order valence-corrected chi connectivity index (χ4v) is 5.16. The van der Waals surface area contributed by atoms with Gasteiger partial charge >= 0.3 is 0 Å². The van der Waals surface area contributed by atoms with Gasteiger partial charge in [0.15, 0.2) is 5.96 Å². The maximum Gasteiger partial charge on any atom is 0.191 e. The van der Waals surface area contributed by atoms with Gasteiger partial charge in [0.2, 0.25) is 0 Å². The maximum atomic E-state index is 4.78. The number of hydrogen-bond acceptors (Lipinski definition) is 4. The Hall–Kier alpha value is -1.14. The minimum atomic E-state index is 0.488. The van der Waals surface area contributed by atoms with E-state index in [1.165, 1.54) is 49.2 Å². The van der Waals surface area contributed by atoms with Gasteiger partial charge in [-0.3, -0.25) is 9.89 Å². The van der Waals surface area contributed by atoms with E-state index in [2.05, 4.69) is 41.3 Å². The van der Waals surface area contributed by atoms with Gasteiger partial charge in [0.1, 0.15) is 5.01 Å². The number of likely N-dealkylation sites (tertiary alicyclic amines) is 1. The van der Waals surface area contributed by atoms with Gasteiger partial charge in [0.25, 0.3) is 0 Å². The van der Waals surface area contributed by atoms with Crippen LogP contribution in [0.3, 0.4) is 0 Å². The number of rotatable bonds is 5. The lowest BCUT2D eigenvalue weighted by Gasteiger charge is -2.24. The third-order valence-electron chi connectivity index (χ3n) is 5.46. The Morgan fingerprint density at radius 1 is 1.32 bits per heavy atom. The zero-order chi connectivity index (χ0) is 17.8. The van der Waals surface area contributed by atoms with E-state index in [0.717, 1.165) is 30.1 Å². The Balaban J connectivity index is 1.48. The van der Waals surface area contributed by atoms with E-state index in [1.807, 2.05) is 7.05 Å². The molecule has 2 fully saturated rings. The minimum absolute atomic E-state index is 0.488. The molecule has 0 bridgehead atoms. The molecule has 1 saturated heterocycles. The zero-order valence-corrected chi connectivity index (χ0v) is 17.0. The second-order valence-electron chi connectivity index (χ2n) is 7.69. The molecule has 1 aromatic heterocycles. The molecule has 1 saturated carbocycles. The van der Waals surface area contributed by atoms with E-state index in [0.29, 0.717) is 12.0 Å². The van der Waals surface area contributed by atoms with E-state index >= 15 is 0 Å². The molecule has 1 aromatic rings. The van der Waals surface area contributed by atoms with Crippen molar-refractivity contribution in [1.82, 2.24) is 20.5 Å². The summed E-state index contributed by atoms with van der Waals surface area (Å²) < 4.78 is 0. The first-order chi connectivity index (χ1) is 12.1. The van der Waals surface area contributed by atoms with Crippen LogP contribution in [0.15, 0.2) is 4.99 Å². The van der Waals surface area contributed by atoms with Gasteiger partial charge in [-0.05, 0) is 32.1 Å². The Bertz CT molecular complexity index is 589. The number of aliphatic imine (C=N–C) groups is 1. The predicted molar refractivity (Wildman–Crippen MR) is 107 cm³/mol. The summed E-state index contributed by atoms with van der Waals surface area (Å²) in [6.07, 6.45) is 6.82. The first-order valence-corrected chi connectivity index (χ1v) is 10.6. The molecular formula is C19H33N5S. The average Bonchev–Trinajstić information content (AvgIpc) is 3.31. The standard InChI is InChI=1S/C19H33N5S/c1-13(2)18-14(3)25-17(23-18)11-21-19(20-4)22-15-9-10-24(12-15)16-7-5-6-8-16/h13,15-16H,5-12H2,1-4H3,(H2,20,21,22). The largest absolute Gasteiger partial charge is 0.352 e. The molecule has 1 aliphatic carbocycles. The van der Waals surface area contributed by atoms with Crippen LogP contribution in [0.1, 0.15) is 67.4 Å². The van der Waals surface area contributed by atoms with Gasteiger partial charge < -0.3 is 10.6 Å². The highest BCUT2D eigenvalue weighted by Gasteiger charge is 2.30. The van der Waals surface area contributed by atoms with Crippen LogP contribution in [0, 0.1) is 6.92 Å². The molecule has 5 nitrogen and oxygen atoms in total. The number of nitrogens with zero attached hydrogens (tertiary/aromatic N) is 3. The number of thiazole rings is 1. The SMILES string of the molecule is CN=C(NCc1nc(C(C)C)c(C)s1)NC1CCN(C2CCCC2)C1. The molecule has 140 valence electrons. The molecule has 2 aliphatic rings. The van der Waals surface area contributed by atoms with E-state index < -0.39 is 0 Å². The lowest BCUT2D eigenvalue weighted by atomic mass is 10.1. The lowest BCUT2D eigenvalue weighted by molar-refractivity contribution is 0.242. The van der Waals surface area contributed by atoms with Crippen LogP contribution in [-0.2, 0) is 6.54 Å². The van der Waals surface area contributed by atoms with Gasteiger partial charge in [-0.15, -0.1) is 11.3 Å². The normalized spacial score (nSPS) is 22.9. The van der Waals surface area contributed by atoms with Crippen LogP contribution in [0.5, 0.6) is 0 Å². The molecule has 0 amide bonds. The number of hydrogen-bond donors (Lipinski definition) is 2. The van der Waals surface area contributed by atoms with Crippen molar-refractivity contribution in [1.29, 1.82) is 0 Å². The molecule has 2 N–H and O–H groups in total. The smallest absolute Gasteiger partial charge is 0.191 e. The van der Waals surface area contributed by atoms with Crippen LogP contribution in [0.2, 0.25) is 0 Å². The van der Waals surface area contributed by atoms with Crippen LogP contribution in [-0.4, -0.2) is 48.1 Å². The third-order valence-corrected chi connectivity index (χ3v) is 6.44. The van der Waals surface area contributed by atoms with Gasteiger partial charge in [-0.25, -0.2) is 4.98 Å².